The molecule has 0 unspecified atom stereocenters. The molecular formula is C21H19N5OS. The van der Waals surface area contributed by atoms with Gasteiger partial charge in [-0.15, -0.1) is 21.5 Å². The van der Waals surface area contributed by atoms with E-state index in [0.29, 0.717) is 12.2 Å². The first-order chi connectivity index (χ1) is 13.8. The van der Waals surface area contributed by atoms with Crippen molar-refractivity contribution in [3.8, 4) is 10.7 Å². The molecule has 0 aliphatic heterocycles. The molecule has 1 amide bonds. The smallest absolute Gasteiger partial charge is 0.244 e. The van der Waals surface area contributed by atoms with Crippen molar-refractivity contribution in [2.24, 2.45) is 0 Å². The van der Waals surface area contributed by atoms with Crippen LogP contribution in [0.5, 0.6) is 0 Å². The summed E-state index contributed by atoms with van der Waals surface area (Å²) >= 11 is 1.54. The summed E-state index contributed by atoms with van der Waals surface area (Å²) in [4.78, 5) is 14.9. The molecule has 6 nitrogen and oxygen atoms in total. The van der Waals surface area contributed by atoms with Crippen LogP contribution >= 0.6 is 11.3 Å². The first kappa shape index (κ1) is 18.1. The molecule has 0 radical (unpaired) electrons. The van der Waals surface area contributed by atoms with Crippen molar-refractivity contribution < 1.29 is 4.79 Å². The van der Waals surface area contributed by atoms with Gasteiger partial charge in [0.1, 0.15) is 6.54 Å². The summed E-state index contributed by atoms with van der Waals surface area (Å²) in [6.45, 7) is 0.0243. The molecule has 0 saturated heterocycles. The van der Waals surface area contributed by atoms with Crippen molar-refractivity contribution >= 4 is 17.2 Å². The lowest BCUT2D eigenvalue weighted by Gasteiger charge is -2.19. The van der Waals surface area contributed by atoms with Crippen LogP contribution in [0.3, 0.4) is 0 Å². The van der Waals surface area contributed by atoms with E-state index in [4.69, 9.17) is 0 Å². The minimum absolute atomic E-state index is 0.0243. The number of carbonyl (C=O) groups is 1. The first-order valence-electron chi connectivity index (χ1n) is 8.98. The second-order valence-electron chi connectivity index (χ2n) is 6.34. The van der Waals surface area contributed by atoms with E-state index in [1.165, 1.54) is 16.1 Å². The van der Waals surface area contributed by atoms with Crippen LogP contribution in [0.2, 0.25) is 0 Å². The molecule has 0 spiro atoms. The van der Waals surface area contributed by atoms with E-state index in [1.807, 2.05) is 66.0 Å². The molecule has 4 aromatic rings. The van der Waals surface area contributed by atoms with Crippen molar-refractivity contribution in [2.45, 2.75) is 19.0 Å². The van der Waals surface area contributed by atoms with Crippen molar-refractivity contribution in [1.82, 2.24) is 25.5 Å². The molecule has 1 atom stereocenters. The highest BCUT2D eigenvalue weighted by Gasteiger charge is 2.17. The molecule has 2 aromatic carbocycles. The standard InChI is InChI=1S/C21H19N5OS/c27-20(15-26-24-21(23-25-26)19-12-7-13-28-19)22-18(17-10-5-2-6-11-17)14-16-8-3-1-4-9-16/h1-13,18H,14-15H2,(H,22,27)/t18-/m0/s1. The number of carbonyl (C=O) groups excluding carboxylic acids is 1. The van der Waals surface area contributed by atoms with Crippen LogP contribution in [0.25, 0.3) is 10.7 Å². The van der Waals surface area contributed by atoms with Crippen molar-refractivity contribution in [3.63, 3.8) is 0 Å². The lowest BCUT2D eigenvalue weighted by Crippen LogP contribution is -2.33. The molecule has 7 heteroatoms. The average molecular weight is 389 g/mol. The number of rotatable bonds is 7. The number of hydrogen-bond acceptors (Lipinski definition) is 5. The summed E-state index contributed by atoms with van der Waals surface area (Å²) < 4.78 is 0. The molecule has 28 heavy (non-hydrogen) atoms. The minimum atomic E-state index is -0.153. The first-order valence-corrected chi connectivity index (χ1v) is 9.86. The molecule has 1 N–H and O–H groups in total. The Hall–Kier alpha value is -3.32. The van der Waals surface area contributed by atoms with Crippen LogP contribution in [0.15, 0.2) is 78.2 Å². The molecular weight excluding hydrogens is 370 g/mol. The molecule has 0 saturated carbocycles. The third kappa shape index (κ3) is 4.50. The molecule has 2 heterocycles. The monoisotopic (exact) mass is 389 g/mol. The van der Waals surface area contributed by atoms with Gasteiger partial charge in [0.25, 0.3) is 0 Å². The predicted octanol–water partition coefficient (Wildman–Crippen LogP) is 3.50. The maximum atomic E-state index is 12.6. The normalized spacial score (nSPS) is 11.9. The number of aromatic nitrogens is 4. The molecule has 0 aliphatic rings. The average Bonchev–Trinajstić information content (AvgIpc) is 3.41. The van der Waals surface area contributed by atoms with Gasteiger partial charge >= 0.3 is 0 Å². The second-order valence-corrected chi connectivity index (χ2v) is 7.29. The summed E-state index contributed by atoms with van der Waals surface area (Å²) in [5.41, 5.74) is 2.22. The van der Waals surface area contributed by atoms with E-state index in [1.54, 1.807) is 0 Å². The number of tetrazole rings is 1. The molecule has 0 aliphatic carbocycles. The number of nitrogens with one attached hydrogen (secondary N) is 1. The van der Waals surface area contributed by atoms with Gasteiger partial charge in [-0.1, -0.05) is 66.7 Å². The second kappa shape index (κ2) is 8.58. The van der Waals surface area contributed by atoms with Gasteiger partial charge in [0.2, 0.25) is 11.7 Å². The predicted molar refractivity (Wildman–Crippen MR) is 109 cm³/mol. The Morgan fingerprint density at radius 3 is 2.46 bits per heavy atom. The number of benzene rings is 2. The third-order valence-corrected chi connectivity index (χ3v) is 5.17. The van der Waals surface area contributed by atoms with Crippen LogP contribution in [-0.4, -0.2) is 26.1 Å². The lowest BCUT2D eigenvalue weighted by atomic mass is 9.99. The maximum Gasteiger partial charge on any atom is 0.244 e. The van der Waals surface area contributed by atoms with E-state index >= 15 is 0 Å². The van der Waals surface area contributed by atoms with Gasteiger partial charge in [-0.05, 0) is 34.2 Å². The zero-order chi connectivity index (χ0) is 19.2. The Balaban J connectivity index is 1.46. The maximum absolute atomic E-state index is 12.6. The van der Waals surface area contributed by atoms with Crippen LogP contribution in [0.4, 0.5) is 0 Å². The molecule has 4 rings (SSSR count). The van der Waals surface area contributed by atoms with Gasteiger partial charge in [0.15, 0.2) is 0 Å². The summed E-state index contributed by atoms with van der Waals surface area (Å²) in [6.07, 6.45) is 0.710. The molecule has 0 bridgehead atoms. The van der Waals surface area contributed by atoms with E-state index < -0.39 is 0 Å². The van der Waals surface area contributed by atoms with Gasteiger partial charge < -0.3 is 5.32 Å². The summed E-state index contributed by atoms with van der Waals surface area (Å²) in [6, 6.07) is 23.8. The lowest BCUT2D eigenvalue weighted by molar-refractivity contribution is -0.122. The highest BCUT2D eigenvalue weighted by atomic mass is 32.1. The highest BCUT2D eigenvalue weighted by Crippen LogP contribution is 2.20. The molecule has 0 fully saturated rings. The van der Waals surface area contributed by atoms with Crippen molar-refractivity contribution in [2.75, 3.05) is 0 Å². The van der Waals surface area contributed by atoms with E-state index in [0.717, 1.165) is 16.0 Å². The van der Waals surface area contributed by atoms with E-state index in [9.17, 15) is 4.79 Å². The highest BCUT2D eigenvalue weighted by molar-refractivity contribution is 7.13. The Morgan fingerprint density at radius 1 is 1.00 bits per heavy atom. The summed E-state index contributed by atoms with van der Waals surface area (Å²) in [7, 11) is 0. The Labute approximate surface area is 166 Å². The fourth-order valence-corrected chi connectivity index (χ4v) is 3.62. The topological polar surface area (TPSA) is 72.7 Å². The van der Waals surface area contributed by atoms with Gasteiger partial charge in [-0.25, -0.2) is 0 Å². The van der Waals surface area contributed by atoms with Gasteiger partial charge in [-0.3, -0.25) is 4.79 Å². The minimum Gasteiger partial charge on any atom is -0.347 e. The summed E-state index contributed by atoms with van der Waals surface area (Å²) in [5, 5.41) is 17.4. The fraction of sp³-hybridized carbons (Fsp3) is 0.143. The van der Waals surface area contributed by atoms with Crippen LogP contribution < -0.4 is 5.32 Å². The summed E-state index contributed by atoms with van der Waals surface area (Å²) in [5.74, 6) is 0.381. The Morgan fingerprint density at radius 2 is 1.75 bits per heavy atom. The largest absolute Gasteiger partial charge is 0.347 e. The number of nitrogens with zero attached hydrogens (tertiary/aromatic N) is 4. The zero-order valence-corrected chi connectivity index (χ0v) is 15.9. The van der Waals surface area contributed by atoms with E-state index in [-0.39, 0.29) is 18.5 Å². The number of hydrogen-bond donors (Lipinski definition) is 1. The fourth-order valence-electron chi connectivity index (χ4n) is 2.97. The van der Waals surface area contributed by atoms with Gasteiger partial charge in [-0.2, -0.15) is 4.80 Å². The zero-order valence-electron chi connectivity index (χ0n) is 15.1. The number of thiophene rings is 1. The molecule has 2 aromatic heterocycles. The van der Waals surface area contributed by atoms with Crippen LogP contribution in [-0.2, 0) is 17.8 Å². The third-order valence-electron chi connectivity index (χ3n) is 4.30. The van der Waals surface area contributed by atoms with Crippen molar-refractivity contribution in [1.29, 1.82) is 0 Å². The number of amides is 1. The van der Waals surface area contributed by atoms with Crippen LogP contribution in [0.1, 0.15) is 17.2 Å². The van der Waals surface area contributed by atoms with E-state index in [2.05, 4.69) is 32.9 Å². The molecule has 140 valence electrons. The Bertz CT molecular complexity index is 1020. The quantitative estimate of drug-likeness (QED) is 0.525. The van der Waals surface area contributed by atoms with Crippen molar-refractivity contribution in [3.05, 3.63) is 89.3 Å². The van der Waals surface area contributed by atoms with Gasteiger partial charge in [0, 0.05) is 0 Å². The SMILES string of the molecule is O=C(Cn1nnc(-c2cccs2)n1)N[C@@H](Cc1ccccc1)c1ccccc1. The van der Waals surface area contributed by atoms with Crippen LogP contribution in [0, 0.1) is 0 Å². The Kier molecular flexibility index (Phi) is 5.53. The van der Waals surface area contributed by atoms with Gasteiger partial charge in [0.05, 0.1) is 10.9 Å².